The summed E-state index contributed by atoms with van der Waals surface area (Å²) in [4.78, 5) is -0.0331. The van der Waals surface area contributed by atoms with Crippen LogP contribution in [0.25, 0.3) is 0 Å². The number of halogens is 1. The molecule has 0 fully saturated rings. The van der Waals surface area contributed by atoms with Gasteiger partial charge in [-0.3, -0.25) is 0 Å². The Morgan fingerprint density at radius 1 is 1.45 bits per heavy atom. The summed E-state index contributed by atoms with van der Waals surface area (Å²) in [7, 11) is -3.71. The molecule has 0 aliphatic heterocycles. The predicted octanol–water partition coefficient (Wildman–Crippen LogP) is 1.87. The molecule has 0 spiro atoms. The van der Waals surface area contributed by atoms with Gasteiger partial charge in [-0.15, -0.1) is 0 Å². The van der Waals surface area contributed by atoms with E-state index in [1.54, 1.807) is 11.8 Å². The number of sulfonamides is 1. The maximum atomic E-state index is 13.7. The lowest BCUT2D eigenvalue weighted by Gasteiger charge is -2.14. The van der Waals surface area contributed by atoms with Crippen LogP contribution in [0.1, 0.15) is 18.1 Å². The Morgan fingerprint density at radius 3 is 2.65 bits per heavy atom. The monoisotopic (exact) mass is 320 g/mol. The van der Waals surface area contributed by atoms with Crippen molar-refractivity contribution in [2.24, 2.45) is 11.7 Å². The molecule has 0 saturated carbocycles. The van der Waals surface area contributed by atoms with E-state index < -0.39 is 15.8 Å². The van der Waals surface area contributed by atoms with E-state index in [0.717, 1.165) is 5.75 Å². The zero-order valence-corrected chi connectivity index (χ0v) is 13.6. The quantitative estimate of drug-likeness (QED) is 0.804. The van der Waals surface area contributed by atoms with Gasteiger partial charge in [-0.25, -0.2) is 17.5 Å². The highest BCUT2D eigenvalue weighted by molar-refractivity contribution is 7.98. The molecule has 114 valence electrons. The van der Waals surface area contributed by atoms with E-state index in [9.17, 15) is 12.8 Å². The number of nitrogens with two attached hydrogens (primary N) is 1. The fraction of sp³-hybridized carbons (Fsp3) is 0.538. The van der Waals surface area contributed by atoms with Crippen molar-refractivity contribution in [3.63, 3.8) is 0 Å². The van der Waals surface area contributed by atoms with Crippen LogP contribution in [0.4, 0.5) is 4.39 Å². The van der Waals surface area contributed by atoms with Gasteiger partial charge in [-0.2, -0.15) is 11.8 Å². The Kier molecular flexibility index (Phi) is 6.44. The van der Waals surface area contributed by atoms with E-state index in [2.05, 4.69) is 4.72 Å². The summed E-state index contributed by atoms with van der Waals surface area (Å²) in [5.41, 5.74) is 6.04. The SMILES string of the molecule is CSCC(C)CNS(=O)(=O)c1cc(CN)cc(F)c1C. The molecule has 7 heteroatoms. The molecule has 0 amide bonds. The average Bonchev–Trinajstić information content (AvgIpc) is 2.39. The molecular weight excluding hydrogens is 299 g/mol. The van der Waals surface area contributed by atoms with Crippen molar-refractivity contribution in [3.8, 4) is 0 Å². The highest BCUT2D eigenvalue weighted by Gasteiger charge is 2.20. The maximum absolute atomic E-state index is 13.7. The van der Waals surface area contributed by atoms with Crippen LogP contribution in [0.5, 0.6) is 0 Å². The molecular formula is C13H21FN2O2S2. The molecule has 3 N–H and O–H groups in total. The van der Waals surface area contributed by atoms with Crippen LogP contribution >= 0.6 is 11.8 Å². The van der Waals surface area contributed by atoms with Gasteiger partial charge >= 0.3 is 0 Å². The molecule has 4 nitrogen and oxygen atoms in total. The highest BCUT2D eigenvalue weighted by Crippen LogP contribution is 2.20. The lowest BCUT2D eigenvalue weighted by Crippen LogP contribution is -2.30. The first-order chi connectivity index (χ1) is 9.31. The first kappa shape index (κ1) is 17.4. The highest BCUT2D eigenvalue weighted by atomic mass is 32.2. The maximum Gasteiger partial charge on any atom is 0.240 e. The fourth-order valence-corrected chi connectivity index (χ4v) is 3.93. The van der Waals surface area contributed by atoms with E-state index in [1.807, 2.05) is 13.2 Å². The van der Waals surface area contributed by atoms with Gasteiger partial charge in [0.25, 0.3) is 0 Å². The van der Waals surface area contributed by atoms with Crippen molar-refractivity contribution in [2.45, 2.75) is 25.3 Å². The Labute approximate surface area is 124 Å². The van der Waals surface area contributed by atoms with Crippen LogP contribution in [0.2, 0.25) is 0 Å². The topological polar surface area (TPSA) is 72.2 Å². The number of rotatable bonds is 7. The molecule has 0 aliphatic carbocycles. The summed E-state index contributed by atoms with van der Waals surface area (Å²) >= 11 is 1.66. The molecule has 1 rings (SSSR count). The molecule has 1 aromatic rings. The zero-order valence-electron chi connectivity index (χ0n) is 11.9. The number of thioether (sulfide) groups is 1. The van der Waals surface area contributed by atoms with Crippen molar-refractivity contribution < 1.29 is 12.8 Å². The van der Waals surface area contributed by atoms with Gasteiger partial charge < -0.3 is 5.73 Å². The summed E-state index contributed by atoms with van der Waals surface area (Å²) in [5, 5.41) is 0. The summed E-state index contributed by atoms with van der Waals surface area (Å²) in [5.74, 6) is 0.520. The lowest BCUT2D eigenvalue weighted by molar-refractivity contribution is 0.558. The summed E-state index contributed by atoms with van der Waals surface area (Å²) in [6.07, 6.45) is 1.97. The number of nitrogens with one attached hydrogen (secondary N) is 1. The van der Waals surface area contributed by atoms with E-state index in [4.69, 9.17) is 5.73 Å². The fourth-order valence-electron chi connectivity index (χ4n) is 1.78. The minimum Gasteiger partial charge on any atom is -0.326 e. The van der Waals surface area contributed by atoms with Gasteiger partial charge in [-0.05, 0) is 42.5 Å². The van der Waals surface area contributed by atoms with Gasteiger partial charge in [0.05, 0.1) is 4.90 Å². The lowest BCUT2D eigenvalue weighted by atomic mass is 10.1. The van der Waals surface area contributed by atoms with Crippen molar-refractivity contribution >= 4 is 21.8 Å². The van der Waals surface area contributed by atoms with E-state index in [0.29, 0.717) is 12.1 Å². The van der Waals surface area contributed by atoms with Gasteiger partial charge in [0, 0.05) is 18.7 Å². The van der Waals surface area contributed by atoms with Crippen LogP contribution in [0.3, 0.4) is 0 Å². The molecule has 0 aliphatic rings. The van der Waals surface area contributed by atoms with Gasteiger partial charge in [0.1, 0.15) is 5.82 Å². The Morgan fingerprint density at radius 2 is 2.10 bits per heavy atom. The first-order valence-corrected chi connectivity index (χ1v) is 9.17. The van der Waals surface area contributed by atoms with Gasteiger partial charge in [-0.1, -0.05) is 6.92 Å². The Balaban J connectivity index is 3.00. The van der Waals surface area contributed by atoms with Crippen molar-refractivity contribution in [1.82, 2.24) is 4.72 Å². The minimum absolute atomic E-state index is 0.0331. The Bertz CT molecular complexity index is 562. The molecule has 1 atom stereocenters. The summed E-state index contributed by atoms with van der Waals surface area (Å²) in [6.45, 7) is 3.85. The standard InChI is InChI=1S/C13H21FN2O2S2/c1-9(8-19-3)7-16-20(17,18)13-5-11(6-15)4-12(14)10(13)2/h4-5,9,16H,6-8,15H2,1-3H3. The van der Waals surface area contributed by atoms with Gasteiger partial charge in [0.2, 0.25) is 10.0 Å². The van der Waals surface area contributed by atoms with Crippen molar-refractivity contribution in [3.05, 3.63) is 29.1 Å². The second-order valence-electron chi connectivity index (χ2n) is 4.82. The zero-order chi connectivity index (χ0) is 15.3. The molecule has 1 aromatic carbocycles. The van der Waals surface area contributed by atoms with Crippen LogP contribution in [0, 0.1) is 18.7 Å². The molecule has 0 saturated heterocycles. The van der Waals surface area contributed by atoms with Crippen LogP contribution < -0.4 is 10.5 Å². The number of hydrogen-bond donors (Lipinski definition) is 2. The van der Waals surface area contributed by atoms with Gasteiger partial charge in [0.15, 0.2) is 0 Å². The third-order valence-electron chi connectivity index (χ3n) is 2.95. The smallest absolute Gasteiger partial charge is 0.240 e. The normalized spacial score (nSPS) is 13.4. The minimum atomic E-state index is -3.71. The van der Waals surface area contributed by atoms with Crippen LogP contribution in [-0.4, -0.2) is 27.0 Å². The van der Waals surface area contributed by atoms with E-state index in [-0.39, 0.29) is 22.9 Å². The number of benzene rings is 1. The first-order valence-electron chi connectivity index (χ1n) is 6.29. The largest absolute Gasteiger partial charge is 0.326 e. The third kappa shape index (κ3) is 4.44. The van der Waals surface area contributed by atoms with E-state index in [1.165, 1.54) is 19.1 Å². The molecule has 0 heterocycles. The molecule has 0 radical (unpaired) electrons. The van der Waals surface area contributed by atoms with Crippen molar-refractivity contribution in [1.29, 1.82) is 0 Å². The average molecular weight is 320 g/mol. The second kappa shape index (κ2) is 7.40. The van der Waals surface area contributed by atoms with Crippen LogP contribution in [-0.2, 0) is 16.6 Å². The second-order valence-corrected chi connectivity index (χ2v) is 7.46. The van der Waals surface area contributed by atoms with Crippen LogP contribution in [0.15, 0.2) is 17.0 Å². The summed E-state index contributed by atoms with van der Waals surface area (Å²) < 4.78 is 40.8. The third-order valence-corrected chi connectivity index (χ3v) is 5.41. The Hall–Kier alpha value is -0.630. The summed E-state index contributed by atoms with van der Waals surface area (Å²) in [6, 6.07) is 2.70. The van der Waals surface area contributed by atoms with Crippen molar-refractivity contribution in [2.75, 3.05) is 18.6 Å². The molecule has 0 bridgehead atoms. The predicted molar refractivity (Wildman–Crippen MR) is 81.8 cm³/mol. The molecule has 20 heavy (non-hydrogen) atoms. The number of hydrogen-bond acceptors (Lipinski definition) is 4. The molecule has 0 aromatic heterocycles. The van der Waals surface area contributed by atoms with E-state index >= 15 is 0 Å². The molecule has 1 unspecified atom stereocenters.